The molecule has 6 heteroatoms. The van der Waals surface area contributed by atoms with Gasteiger partial charge in [0.25, 0.3) is 0 Å². The lowest BCUT2D eigenvalue weighted by atomic mass is 9.54. The van der Waals surface area contributed by atoms with E-state index in [1.165, 1.54) is 29.5 Å². The molecule has 0 saturated heterocycles. The van der Waals surface area contributed by atoms with Gasteiger partial charge in [-0.25, -0.2) is 9.37 Å². The number of oxime groups is 1. The van der Waals surface area contributed by atoms with Gasteiger partial charge in [-0.3, -0.25) is 4.79 Å². The number of anilines is 1. The van der Waals surface area contributed by atoms with Gasteiger partial charge >= 0.3 is 0 Å². The Balaban J connectivity index is 1.35. The predicted octanol–water partition coefficient (Wildman–Crippen LogP) is 5.55. The number of carbonyl (C=O) groups excluding carboxylic acids is 1. The molecule has 0 radical (unpaired) electrons. The van der Waals surface area contributed by atoms with Gasteiger partial charge in [-0.15, -0.1) is 0 Å². The molecule has 0 spiro atoms. The number of aryl methyl sites for hydroxylation is 1. The minimum atomic E-state index is -0.528. The Morgan fingerprint density at radius 2 is 2.12 bits per heavy atom. The molecule has 32 heavy (non-hydrogen) atoms. The van der Waals surface area contributed by atoms with Crippen LogP contribution >= 0.6 is 0 Å². The highest BCUT2D eigenvalue weighted by molar-refractivity contribution is 5.93. The molecule has 3 unspecified atom stereocenters. The Hall–Kier alpha value is -2.76. The van der Waals surface area contributed by atoms with E-state index in [-0.39, 0.29) is 23.1 Å². The van der Waals surface area contributed by atoms with E-state index in [4.69, 9.17) is 0 Å². The van der Waals surface area contributed by atoms with Crippen molar-refractivity contribution in [3.63, 3.8) is 0 Å². The quantitative estimate of drug-likeness (QED) is 0.488. The van der Waals surface area contributed by atoms with Crippen molar-refractivity contribution in [2.45, 2.75) is 57.8 Å². The van der Waals surface area contributed by atoms with Crippen LogP contribution in [0.4, 0.5) is 10.2 Å². The molecule has 2 N–H and O–H groups in total. The first-order valence-electron chi connectivity index (χ1n) is 11.7. The molecule has 3 aliphatic carbocycles. The summed E-state index contributed by atoms with van der Waals surface area (Å²) in [6.07, 6.45) is 7.55. The molecule has 0 bridgehead atoms. The Morgan fingerprint density at radius 3 is 2.94 bits per heavy atom. The van der Waals surface area contributed by atoms with Crippen LogP contribution in [0.2, 0.25) is 0 Å². The molecular formula is C26H30FN3O2. The summed E-state index contributed by atoms with van der Waals surface area (Å²) in [5.41, 5.74) is 3.74. The molecular weight excluding hydrogens is 405 g/mol. The molecule has 3 aliphatic rings. The van der Waals surface area contributed by atoms with Crippen molar-refractivity contribution < 1.29 is 14.4 Å². The third kappa shape index (κ3) is 3.50. The molecule has 1 amide bonds. The van der Waals surface area contributed by atoms with Crippen LogP contribution in [0.15, 0.2) is 47.8 Å². The van der Waals surface area contributed by atoms with Gasteiger partial charge in [-0.2, -0.15) is 0 Å². The molecule has 2 saturated carbocycles. The number of nitrogens with one attached hydrogen (secondary N) is 1. The second-order valence-corrected chi connectivity index (χ2v) is 9.92. The molecule has 1 heterocycles. The smallest absolute Gasteiger partial charge is 0.225 e. The SMILES string of the molecule is C[C@]12CCC3c4ccccc4CCC3C1[C@H](CCC(=O)Nc1ncccc1F)C/C2=N\O. The molecule has 2 fully saturated rings. The average molecular weight is 436 g/mol. The van der Waals surface area contributed by atoms with Crippen molar-refractivity contribution in [1.82, 2.24) is 4.98 Å². The first-order chi connectivity index (χ1) is 15.5. The standard InChI is InChI=1S/C26H30FN3O2/c1-26-13-12-19-18-6-3-2-5-16(18)8-10-20(19)24(26)17(15-22(26)30-32)9-11-23(31)29-25-21(27)7-4-14-28-25/h2-7,14,17,19-20,24,32H,8-13,15H2,1H3,(H,28,29,31)/b30-22+/t17-,19?,20?,24?,26-/m1/s1. The van der Waals surface area contributed by atoms with Crippen LogP contribution in [-0.4, -0.2) is 21.8 Å². The number of halogens is 1. The number of pyridine rings is 1. The van der Waals surface area contributed by atoms with E-state index in [1.807, 2.05) is 0 Å². The van der Waals surface area contributed by atoms with Gasteiger partial charge in [0.05, 0.1) is 5.71 Å². The summed E-state index contributed by atoms with van der Waals surface area (Å²) in [5, 5.41) is 16.1. The van der Waals surface area contributed by atoms with Crippen molar-refractivity contribution in [3.05, 3.63) is 59.5 Å². The van der Waals surface area contributed by atoms with Gasteiger partial charge in [0.15, 0.2) is 11.6 Å². The normalized spacial score (nSPS) is 32.1. The van der Waals surface area contributed by atoms with E-state index < -0.39 is 5.82 Å². The zero-order valence-corrected chi connectivity index (χ0v) is 18.4. The van der Waals surface area contributed by atoms with Gasteiger partial charge in [0.2, 0.25) is 5.91 Å². The number of aromatic nitrogens is 1. The maximum Gasteiger partial charge on any atom is 0.225 e. The van der Waals surface area contributed by atoms with Crippen molar-refractivity contribution >= 4 is 17.4 Å². The Labute approximate surface area is 188 Å². The van der Waals surface area contributed by atoms with E-state index in [0.717, 1.165) is 37.8 Å². The molecule has 2 aromatic rings. The largest absolute Gasteiger partial charge is 0.411 e. The molecule has 5 rings (SSSR count). The van der Waals surface area contributed by atoms with Gasteiger partial charge in [-0.05, 0) is 85.5 Å². The predicted molar refractivity (Wildman–Crippen MR) is 121 cm³/mol. The zero-order valence-electron chi connectivity index (χ0n) is 18.4. The lowest BCUT2D eigenvalue weighted by Crippen LogP contribution is -2.44. The number of rotatable bonds is 4. The fraction of sp³-hybridized carbons (Fsp3) is 0.500. The monoisotopic (exact) mass is 435 g/mol. The number of hydrogen-bond acceptors (Lipinski definition) is 4. The summed E-state index contributed by atoms with van der Waals surface area (Å²) in [7, 11) is 0. The van der Waals surface area contributed by atoms with E-state index in [1.54, 1.807) is 0 Å². The summed E-state index contributed by atoms with van der Waals surface area (Å²) in [6, 6.07) is 11.6. The first kappa shape index (κ1) is 21.1. The molecule has 168 valence electrons. The summed E-state index contributed by atoms with van der Waals surface area (Å²) in [6.45, 7) is 2.26. The average Bonchev–Trinajstić information content (AvgIpc) is 3.10. The molecule has 5 atom stereocenters. The van der Waals surface area contributed by atoms with Crippen LogP contribution in [0.3, 0.4) is 0 Å². The second kappa shape index (κ2) is 8.30. The fourth-order valence-corrected chi connectivity index (χ4v) is 7.01. The summed E-state index contributed by atoms with van der Waals surface area (Å²) in [4.78, 5) is 16.5. The van der Waals surface area contributed by atoms with Crippen molar-refractivity contribution in [3.8, 4) is 0 Å². The molecule has 1 aromatic heterocycles. The minimum Gasteiger partial charge on any atom is -0.411 e. The lowest BCUT2D eigenvalue weighted by Gasteiger charge is -2.50. The fourth-order valence-electron chi connectivity index (χ4n) is 7.01. The molecule has 0 aliphatic heterocycles. The Kier molecular flexibility index (Phi) is 5.48. The lowest BCUT2D eigenvalue weighted by molar-refractivity contribution is -0.116. The van der Waals surface area contributed by atoms with Crippen LogP contribution in [0.25, 0.3) is 0 Å². The van der Waals surface area contributed by atoms with Crippen molar-refractivity contribution in [1.29, 1.82) is 0 Å². The number of hydrogen-bond donors (Lipinski definition) is 2. The second-order valence-electron chi connectivity index (χ2n) is 9.92. The topological polar surface area (TPSA) is 74.6 Å². The zero-order chi connectivity index (χ0) is 22.3. The van der Waals surface area contributed by atoms with Crippen LogP contribution in [0, 0.1) is 29.0 Å². The van der Waals surface area contributed by atoms with Crippen LogP contribution in [-0.2, 0) is 11.2 Å². The third-order valence-electron chi connectivity index (χ3n) is 8.39. The van der Waals surface area contributed by atoms with E-state index >= 15 is 0 Å². The number of carbonyl (C=O) groups is 1. The minimum absolute atomic E-state index is 0.0204. The maximum atomic E-state index is 13.8. The highest BCUT2D eigenvalue weighted by Crippen LogP contribution is 2.62. The third-order valence-corrected chi connectivity index (χ3v) is 8.39. The van der Waals surface area contributed by atoms with Crippen LogP contribution < -0.4 is 5.32 Å². The number of nitrogens with zero attached hydrogens (tertiary/aromatic N) is 2. The molecule has 5 nitrogen and oxygen atoms in total. The Bertz CT molecular complexity index is 1050. The highest BCUT2D eigenvalue weighted by atomic mass is 19.1. The van der Waals surface area contributed by atoms with Crippen LogP contribution in [0.5, 0.6) is 0 Å². The van der Waals surface area contributed by atoms with E-state index in [0.29, 0.717) is 30.6 Å². The van der Waals surface area contributed by atoms with E-state index in [9.17, 15) is 14.4 Å². The Morgan fingerprint density at radius 1 is 1.28 bits per heavy atom. The van der Waals surface area contributed by atoms with Gasteiger partial charge in [-0.1, -0.05) is 36.3 Å². The van der Waals surface area contributed by atoms with Crippen molar-refractivity contribution in [2.75, 3.05) is 5.32 Å². The molecule has 1 aromatic carbocycles. The highest BCUT2D eigenvalue weighted by Gasteiger charge is 2.57. The maximum absolute atomic E-state index is 13.8. The summed E-state index contributed by atoms with van der Waals surface area (Å²) in [5.74, 6) is 0.968. The summed E-state index contributed by atoms with van der Waals surface area (Å²) >= 11 is 0. The first-order valence-corrected chi connectivity index (χ1v) is 11.7. The number of amides is 1. The van der Waals surface area contributed by atoms with Gasteiger partial charge in [0.1, 0.15) is 0 Å². The number of fused-ring (bicyclic) bond motifs is 5. The van der Waals surface area contributed by atoms with Gasteiger partial charge in [0, 0.05) is 18.0 Å². The van der Waals surface area contributed by atoms with Crippen LogP contribution in [0.1, 0.15) is 62.5 Å². The van der Waals surface area contributed by atoms with Crippen molar-refractivity contribution in [2.24, 2.45) is 28.3 Å². The summed E-state index contributed by atoms with van der Waals surface area (Å²) < 4.78 is 13.8. The van der Waals surface area contributed by atoms with E-state index in [2.05, 4.69) is 46.6 Å². The van der Waals surface area contributed by atoms with Gasteiger partial charge < -0.3 is 10.5 Å². The number of benzene rings is 1.